The summed E-state index contributed by atoms with van der Waals surface area (Å²) in [6, 6.07) is 7.03. The SMILES string of the molecule is COc1ccccc1NC(C=O)OC(C)=O. The fraction of sp³-hybridized carbons (Fsp3) is 0.273. The van der Waals surface area contributed by atoms with Gasteiger partial charge in [-0.2, -0.15) is 0 Å². The lowest BCUT2D eigenvalue weighted by atomic mass is 10.3. The molecule has 1 aromatic rings. The Hall–Kier alpha value is -2.04. The summed E-state index contributed by atoms with van der Waals surface area (Å²) in [5.74, 6) is 0.0426. The number of methoxy groups -OCH3 is 1. The third-order valence-electron chi connectivity index (χ3n) is 1.82. The van der Waals surface area contributed by atoms with Crippen molar-refractivity contribution >= 4 is 17.9 Å². The molecule has 0 spiro atoms. The number of carbonyl (C=O) groups is 2. The van der Waals surface area contributed by atoms with Crippen molar-refractivity contribution in [2.45, 2.75) is 13.2 Å². The van der Waals surface area contributed by atoms with Crippen LogP contribution in [0, 0.1) is 0 Å². The number of hydrogen-bond donors (Lipinski definition) is 1. The van der Waals surface area contributed by atoms with E-state index in [0.717, 1.165) is 0 Å². The standard InChI is InChI=1S/C11H13NO4/c1-8(14)16-11(7-13)12-9-5-3-4-6-10(9)15-2/h3-7,11-12H,1-2H3. The number of benzene rings is 1. The maximum absolute atomic E-state index is 10.7. The number of rotatable bonds is 5. The molecule has 16 heavy (non-hydrogen) atoms. The smallest absolute Gasteiger partial charge is 0.304 e. The highest BCUT2D eigenvalue weighted by Crippen LogP contribution is 2.23. The number of esters is 1. The molecule has 1 rings (SSSR count). The Morgan fingerprint density at radius 1 is 1.44 bits per heavy atom. The summed E-state index contributed by atoms with van der Waals surface area (Å²) < 4.78 is 9.81. The minimum atomic E-state index is -1.01. The Balaban J connectivity index is 2.77. The maximum Gasteiger partial charge on any atom is 0.304 e. The van der Waals surface area contributed by atoms with Gasteiger partial charge in [-0.15, -0.1) is 0 Å². The second kappa shape index (κ2) is 5.75. The highest BCUT2D eigenvalue weighted by molar-refractivity contribution is 5.72. The largest absolute Gasteiger partial charge is 0.495 e. The molecule has 1 aromatic carbocycles. The average molecular weight is 223 g/mol. The molecule has 1 unspecified atom stereocenters. The Bertz CT molecular complexity index is 378. The first-order valence-electron chi connectivity index (χ1n) is 4.69. The summed E-state index contributed by atoms with van der Waals surface area (Å²) in [6.07, 6.45) is -0.498. The van der Waals surface area contributed by atoms with Gasteiger partial charge in [0, 0.05) is 6.92 Å². The molecule has 0 saturated carbocycles. The van der Waals surface area contributed by atoms with Gasteiger partial charge in [0.1, 0.15) is 5.75 Å². The van der Waals surface area contributed by atoms with E-state index >= 15 is 0 Å². The van der Waals surface area contributed by atoms with Gasteiger partial charge >= 0.3 is 5.97 Å². The third-order valence-corrected chi connectivity index (χ3v) is 1.82. The first-order chi connectivity index (χ1) is 7.67. The van der Waals surface area contributed by atoms with Crippen LogP contribution in [0.15, 0.2) is 24.3 Å². The van der Waals surface area contributed by atoms with Crippen molar-refractivity contribution in [3.8, 4) is 5.75 Å². The van der Waals surface area contributed by atoms with Gasteiger partial charge in [0.15, 0.2) is 6.29 Å². The van der Waals surface area contributed by atoms with Gasteiger partial charge < -0.3 is 14.8 Å². The molecule has 0 saturated heterocycles. The van der Waals surface area contributed by atoms with Crippen molar-refractivity contribution in [1.82, 2.24) is 0 Å². The van der Waals surface area contributed by atoms with E-state index in [4.69, 9.17) is 9.47 Å². The number of hydrogen-bond acceptors (Lipinski definition) is 5. The molecule has 1 atom stereocenters. The summed E-state index contributed by atoms with van der Waals surface area (Å²) in [5, 5.41) is 2.74. The van der Waals surface area contributed by atoms with Crippen LogP contribution in [0.25, 0.3) is 0 Å². The molecule has 1 N–H and O–H groups in total. The van der Waals surface area contributed by atoms with E-state index in [9.17, 15) is 9.59 Å². The van der Waals surface area contributed by atoms with Gasteiger partial charge in [-0.05, 0) is 12.1 Å². The van der Waals surface area contributed by atoms with E-state index in [0.29, 0.717) is 17.7 Å². The minimum absolute atomic E-state index is 0.508. The molecular formula is C11H13NO4. The van der Waals surface area contributed by atoms with Crippen LogP contribution in [0.4, 0.5) is 5.69 Å². The molecule has 0 radical (unpaired) electrons. The maximum atomic E-state index is 10.7. The van der Waals surface area contributed by atoms with Crippen molar-refractivity contribution in [3.63, 3.8) is 0 Å². The number of nitrogens with one attached hydrogen (secondary N) is 1. The monoisotopic (exact) mass is 223 g/mol. The van der Waals surface area contributed by atoms with Crippen LogP contribution in [0.1, 0.15) is 6.92 Å². The number of aldehydes is 1. The van der Waals surface area contributed by atoms with Crippen molar-refractivity contribution in [2.75, 3.05) is 12.4 Å². The van der Waals surface area contributed by atoms with Crippen LogP contribution < -0.4 is 10.1 Å². The van der Waals surface area contributed by atoms with Gasteiger partial charge in [0.25, 0.3) is 0 Å². The van der Waals surface area contributed by atoms with Crippen LogP contribution in [0.2, 0.25) is 0 Å². The second-order valence-corrected chi connectivity index (χ2v) is 3.01. The van der Waals surface area contributed by atoms with E-state index in [1.165, 1.54) is 14.0 Å². The first-order valence-corrected chi connectivity index (χ1v) is 4.69. The van der Waals surface area contributed by atoms with Gasteiger partial charge in [0.05, 0.1) is 12.8 Å². The van der Waals surface area contributed by atoms with E-state index < -0.39 is 12.2 Å². The first kappa shape index (κ1) is 12.0. The van der Waals surface area contributed by atoms with Crippen molar-refractivity contribution in [2.24, 2.45) is 0 Å². The molecule has 0 aliphatic carbocycles. The zero-order valence-electron chi connectivity index (χ0n) is 9.10. The molecule has 0 bridgehead atoms. The molecule has 0 fully saturated rings. The average Bonchev–Trinajstić information content (AvgIpc) is 2.28. The fourth-order valence-electron chi connectivity index (χ4n) is 1.19. The molecule has 0 aliphatic heterocycles. The predicted molar refractivity (Wildman–Crippen MR) is 58.2 cm³/mol. The Kier molecular flexibility index (Phi) is 4.32. The molecule has 5 nitrogen and oxygen atoms in total. The Morgan fingerprint density at radius 2 is 2.12 bits per heavy atom. The zero-order valence-corrected chi connectivity index (χ0v) is 9.10. The number of para-hydroxylation sites is 2. The molecule has 0 heterocycles. The van der Waals surface area contributed by atoms with E-state index in [-0.39, 0.29) is 0 Å². The summed E-state index contributed by atoms with van der Waals surface area (Å²) in [6.45, 7) is 1.24. The molecule has 0 amide bonds. The highest BCUT2D eigenvalue weighted by Gasteiger charge is 2.12. The van der Waals surface area contributed by atoms with Gasteiger partial charge in [-0.25, -0.2) is 0 Å². The van der Waals surface area contributed by atoms with E-state index in [2.05, 4.69) is 5.32 Å². The van der Waals surface area contributed by atoms with Crippen LogP contribution in [-0.4, -0.2) is 25.6 Å². The van der Waals surface area contributed by atoms with Crippen LogP contribution in [0.3, 0.4) is 0 Å². The van der Waals surface area contributed by atoms with Crippen molar-refractivity contribution < 1.29 is 19.1 Å². The number of carbonyl (C=O) groups excluding carboxylic acids is 2. The Labute approximate surface area is 93.4 Å². The molecule has 86 valence electrons. The van der Waals surface area contributed by atoms with Gasteiger partial charge in [0.2, 0.25) is 6.23 Å². The lowest BCUT2D eigenvalue weighted by Gasteiger charge is -2.15. The van der Waals surface area contributed by atoms with Gasteiger partial charge in [-0.3, -0.25) is 9.59 Å². The predicted octanol–water partition coefficient (Wildman–Crippen LogP) is 1.20. The van der Waals surface area contributed by atoms with Crippen molar-refractivity contribution in [3.05, 3.63) is 24.3 Å². The molecule has 5 heteroatoms. The van der Waals surface area contributed by atoms with E-state index in [1.54, 1.807) is 24.3 Å². The summed E-state index contributed by atoms with van der Waals surface area (Å²) in [5.41, 5.74) is 0.586. The van der Waals surface area contributed by atoms with Crippen LogP contribution >= 0.6 is 0 Å². The molecule has 0 aliphatic rings. The lowest BCUT2D eigenvalue weighted by Crippen LogP contribution is -2.26. The Morgan fingerprint density at radius 3 is 2.69 bits per heavy atom. The summed E-state index contributed by atoms with van der Waals surface area (Å²) in [7, 11) is 1.52. The van der Waals surface area contributed by atoms with Crippen LogP contribution in [-0.2, 0) is 14.3 Å². The summed E-state index contributed by atoms with van der Waals surface area (Å²) >= 11 is 0. The summed E-state index contributed by atoms with van der Waals surface area (Å²) in [4.78, 5) is 21.4. The molecule has 0 aromatic heterocycles. The highest BCUT2D eigenvalue weighted by atomic mass is 16.6. The molecular weight excluding hydrogens is 210 g/mol. The quantitative estimate of drug-likeness (QED) is 0.461. The second-order valence-electron chi connectivity index (χ2n) is 3.01. The normalized spacial score (nSPS) is 11.4. The van der Waals surface area contributed by atoms with E-state index in [1.807, 2.05) is 0 Å². The van der Waals surface area contributed by atoms with Crippen LogP contribution in [0.5, 0.6) is 5.75 Å². The van der Waals surface area contributed by atoms with Gasteiger partial charge in [-0.1, -0.05) is 12.1 Å². The fourth-order valence-corrected chi connectivity index (χ4v) is 1.19. The topological polar surface area (TPSA) is 64.6 Å². The van der Waals surface area contributed by atoms with Crippen molar-refractivity contribution in [1.29, 1.82) is 0 Å². The zero-order chi connectivity index (χ0) is 12.0. The number of ether oxygens (including phenoxy) is 2. The third kappa shape index (κ3) is 3.27. The minimum Gasteiger partial charge on any atom is -0.495 e. The lowest BCUT2D eigenvalue weighted by molar-refractivity contribution is -0.147. The number of anilines is 1.